The fraction of sp³-hybridized carbons (Fsp3) is 0.0714. The average molecular weight is 268 g/mol. The minimum atomic E-state index is -0.433. The van der Waals surface area contributed by atoms with Crippen LogP contribution in [0.2, 0.25) is 0 Å². The molecule has 0 saturated carbocycles. The Bertz CT molecular complexity index is 888. The van der Waals surface area contributed by atoms with Crippen molar-refractivity contribution in [1.29, 1.82) is 5.26 Å². The summed E-state index contributed by atoms with van der Waals surface area (Å²) in [5, 5.41) is 13.0. The lowest BCUT2D eigenvalue weighted by Crippen LogP contribution is -2.22. The quantitative estimate of drug-likeness (QED) is 0.708. The van der Waals surface area contributed by atoms with Crippen LogP contribution in [0.15, 0.2) is 47.7 Å². The van der Waals surface area contributed by atoms with E-state index in [9.17, 15) is 9.18 Å². The zero-order valence-electron chi connectivity index (χ0n) is 10.3. The standard InChI is InChI=1S/C14H9FN4O/c15-12-2-1-10(8-16)11(7-12)9-18-5-6-19-13(14(18)20)3-4-17-19/h1-7H,9H2. The van der Waals surface area contributed by atoms with Gasteiger partial charge in [0.25, 0.3) is 5.56 Å². The van der Waals surface area contributed by atoms with Crippen LogP contribution in [0.3, 0.4) is 0 Å². The second-order valence-electron chi connectivity index (χ2n) is 4.31. The minimum Gasteiger partial charge on any atom is -0.308 e. The van der Waals surface area contributed by atoms with Crippen molar-refractivity contribution in [1.82, 2.24) is 14.2 Å². The molecule has 0 aliphatic heterocycles. The molecule has 0 aliphatic carbocycles. The fourth-order valence-electron chi connectivity index (χ4n) is 2.07. The number of nitriles is 1. The molecule has 3 rings (SSSR count). The highest BCUT2D eigenvalue weighted by Crippen LogP contribution is 2.11. The summed E-state index contributed by atoms with van der Waals surface area (Å²) in [5.74, 6) is -0.433. The van der Waals surface area contributed by atoms with Gasteiger partial charge in [0.05, 0.1) is 24.4 Å². The van der Waals surface area contributed by atoms with Crippen molar-refractivity contribution in [2.75, 3.05) is 0 Å². The van der Waals surface area contributed by atoms with Crippen molar-refractivity contribution in [3.63, 3.8) is 0 Å². The zero-order valence-corrected chi connectivity index (χ0v) is 10.3. The minimum absolute atomic E-state index is 0.140. The topological polar surface area (TPSA) is 63.1 Å². The molecule has 2 aromatic heterocycles. The Labute approximate surface area is 113 Å². The number of nitrogens with zero attached hydrogens (tertiary/aromatic N) is 4. The second kappa shape index (κ2) is 4.63. The van der Waals surface area contributed by atoms with E-state index in [2.05, 4.69) is 5.10 Å². The average Bonchev–Trinajstić information content (AvgIpc) is 2.91. The van der Waals surface area contributed by atoms with Crippen LogP contribution in [0.1, 0.15) is 11.1 Å². The van der Waals surface area contributed by atoms with Crippen LogP contribution < -0.4 is 5.56 Å². The van der Waals surface area contributed by atoms with Crippen molar-refractivity contribution in [2.45, 2.75) is 6.54 Å². The monoisotopic (exact) mass is 268 g/mol. The van der Waals surface area contributed by atoms with Crippen LogP contribution in [0.5, 0.6) is 0 Å². The van der Waals surface area contributed by atoms with Gasteiger partial charge in [-0.1, -0.05) is 0 Å². The van der Waals surface area contributed by atoms with Gasteiger partial charge in [-0.25, -0.2) is 8.91 Å². The first-order valence-electron chi connectivity index (χ1n) is 5.90. The normalized spacial score (nSPS) is 10.6. The summed E-state index contributed by atoms with van der Waals surface area (Å²) in [7, 11) is 0. The van der Waals surface area contributed by atoms with Crippen molar-refractivity contribution in [2.24, 2.45) is 0 Å². The van der Waals surface area contributed by atoms with E-state index in [0.29, 0.717) is 16.6 Å². The Kier molecular flexibility index (Phi) is 2.80. The Morgan fingerprint density at radius 2 is 2.15 bits per heavy atom. The van der Waals surface area contributed by atoms with Gasteiger partial charge >= 0.3 is 0 Å². The van der Waals surface area contributed by atoms with Gasteiger partial charge in [0, 0.05) is 12.4 Å². The number of benzene rings is 1. The van der Waals surface area contributed by atoms with Crippen LogP contribution in [0.25, 0.3) is 5.52 Å². The summed E-state index contributed by atoms with van der Waals surface area (Å²) >= 11 is 0. The van der Waals surface area contributed by atoms with Gasteiger partial charge in [-0.2, -0.15) is 10.4 Å². The maximum absolute atomic E-state index is 13.3. The lowest BCUT2D eigenvalue weighted by atomic mass is 10.1. The summed E-state index contributed by atoms with van der Waals surface area (Å²) in [6.45, 7) is 0.140. The van der Waals surface area contributed by atoms with Gasteiger partial charge in [0.15, 0.2) is 0 Å². The lowest BCUT2D eigenvalue weighted by Gasteiger charge is -2.08. The van der Waals surface area contributed by atoms with E-state index in [0.717, 1.165) is 0 Å². The van der Waals surface area contributed by atoms with E-state index in [1.54, 1.807) is 18.5 Å². The Hall–Kier alpha value is -2.94. The smallest absolute Gasteiger partial charge is 0.276 e. The van der Waals surface area contributed by atoms with Crippen molar-refractivity contribution in [3.05, 3.63) is 70.2 Å². The molecular weight excluding hydrogens is 259 g/mol. The van der Waals surface area contributed by atoms with Crippen molar-refractivity contribution in [3.8, 4) is 6.07 Å². The predicted octanol–water partition coefficient (Wildman–Crippen LogP) is 1.56. The number of halogens is 1. The molecule has 0 radical (unpaired) electrons. The molecule has 0 amide bonds. The van der Waals surface area contributed by atoms with Crippen molar-refractivity contribution < 1.29 is 4.39 Å². The highest BCUT2D eigenvalue weighted by atomic mass is 19.1. The third-order valence-corrected chi connectivity index (χ3v) is 3.07. The third-order valence-electron chi connectivity index (χ3n) is 3.07. The van der Waals surface area contributed by atoms with Crippen LogP contribution >= 0.6 is 0 Å². The zero-order chi connectivity index (χ0) is 14.1. The van der Waals surface area contributed by atoms with Gasteiger partial charge in [-0.3, -0.25) is 4.79 Å². The summed E-state index contributed by atoms with van der Waals surface area (Å²) in [4.78, 5) is 12.2. The SMILES string of the molecule is N#Cc1ccc(F)cc1Cn1ccn2nccc2c1=O. The second-order valence-corrected chi connectivity index (χ2v) is 4.31. The maximum atomic E-state index is 13.3. The first kappa shape index (κ1) is 12.1. The number of hydrogen-bond acceptors (Lipinski definition) is 3. The molecule has 6 heteroatoms. The third kappa shape index (κ3) is 1.95. The van der Waals surface area contributed by atoms with Gasteiger partial charge in [0.2, 0.25) is 0 Å². The first-order chi connectivity index (χ1) is 9.69. The predicted molar refractivity (Wildman–Crippen MR) is 69.7 cm³/mol. The maximum Gasteiger partial charge on any atom is 0.276 e. The van der Waals surface area contributed by atoms with E-state index in [4.69, 9.17) is 5.26 Å². The largest absolute Gasteiger partial charge is 0.308 e. The van der Waals surface area contributed by atoms with Crippen LogP contribution in [-0.2, 0) is 6.54 Å². The summed E-state index contributed by atoms with van der Waals surface area (Å²) < 4.78 is 16.2. The summed E-state index contributed by atoms with van der Waals surface area (Å²) in [5.41, 5.74) is 1.02. The summed E-state index contributed by atoms with van der Waals surface area (Å²) in [6, 6.07) is 7.51. The van der Waals surface area contributed by atoms with Crippen molar-refractivity contribution >= 4 is 5.52 Å². The molecule has 0 bridgehead atoms. The van der Waals surface area contributed by atoms with E-state index in [-0.39, 0.29) is 12.1 Å². The molecule has 20 heavy (non-hydrogen) atoms. The fourth-order valence-corrected chi connectivity index (χ4v) is 2.07. The molecule has 0 N–H and O–H groups in total. The highest BCUT2D eigenvalue weighted by Gasteiger charge is 2.08. The number of hydrogen-bond donors (Lipinski definition) is 0. The Morgan fingerprint density at radius 1 is 1.30 bits per heavy atom. The molecule has 0 aliphatic rings. The molecule has 1 aromatic carbocycles. The molecular formula is C14H9FN4O. The van der Waals surface area contributed by atoms with Gasteiger partial charge in [-0.15, -0.1) is 0 Å². The van der Waals surface area contributed by atoms with E-state index < -0.39 is 5.82 Å². The van der Waals surface area contributed by atoms with E-state index in [1.165, 1.54) is 33.5 Å². The molecule has 5 nitrogen and oxygen atoms in total. The van der Waals surface area contributed by atoms with Crippen LogP contribution in [0, 0.1) is 17.1 Å². The van der Waals surface area contributed by atoms with E-state index in [1.807, 2.05) is 6.07 Å². The molecule has 0 spiro atoms. The molecule has 0 fully saturated rings. The van der Waals surface area contributed by atoms with E-state index >= 15 is 0 Å². The molecule has 98 valence electrons. The van der Waals surface area contributed by atoms with Crippen LogP contribution in [0.4, 0.5) is 4.39 Å². The molecule has 0 atom stereocenters. The van der Waals surface area contributed by atoms with Crippen LogP contribution in [-0.4, -0.2) is 14.2 Å². The molecule has 3 aromatic rings. The molecule has 2 heterocycles. The Morgan fingerprint density at radius 3 is 2.95 bits per heavy atom. The van der Waals surface area contributed by atoms with Gasteiger partial charge in [0.1, 0.15) is 11.3 Å². The van der Waals surface area contributed by atoms with Gasteiger partial charge in [-0.05, 0) is 29.8 Å². The van der Waals surface area contributed by atoms with Gasteiger partial charge < -0.3 is 4.57 Å². The molecule has 0 saturated heterocycles. The number of aromatic nitrogens is 3. The highest BCUT2D eigenvalue weighted by molar-refractivity contribution is 5.43. The number of rotatable bonds is 2. The lowest BCUT2D eigenvalue weighted by molar-refractivity contribution is 0.622. The first-order valence-corrected chi connectivity index (χ1v) is 5.90. The number of fused-ring (bicyclic) bond motifs is 1. The Balaban J connectivity index is 2.10. The molecule has 0 unspecified atom stereocenters. The summed E-state index contributed by atoms with van der Waals surface area (Å²) in [6.07, 6.45) is 4.74.